The Hall–Kier alpha value is -2.73. The molecule has 0 N–H and O–H groups in total. The van der Waals surface area contributed by atoms with Crippen molar-refractivity contribution in [2.45, 2.75) is 32.3 Å². The van der Waals surface area contributed by atoms with Crippen molar-refractivity contribution >= 4 is 44.2 Å². The van der Waals surface area contributed by atoms with Gasteiger partial charge in [-0.1, -0.05) is 83.6 Å². The quantitative estimate of drug-likeness (QED) is 0.311. The van der Waals surface area contributed by atoms with Gasteiger partial charge in [-0.3, -0.25) is 9.69 Å². The molecule has 33 heavy (non-hydrogen) atoms. The minimum Gasteiger partial charge on any atom is -0.376 e. The molecule has 1 atom stereocenters. The standard InChI is InChI=1S/C27H25ClN2O2S/c1-18-9-14-23(28)26-25(18)29-27(33-26)30(17-22-8-5-15-32-22)24(31)16-19-10-12-21(13-11-19)20-6-3-2-4-7-20/h2-4,6-7,9-14,22H,5,8,15-17H2,1H3. The van der Waals surface area contributed by atoms with Crippen LogP contribution in [0.3, 0.4) is 0 Å². The molecule has 6 heteroatoms. The molecule has 0 bridgehead atoms. The van der Waals surface area contributed by atoms with E-state index in [0.29, 0.717) is 23.1 Å². The van der Waals surface area contributed by atoms with Gasteiger partial charge in [0.1, 0.15) is 0 Å². The molecule has 4 aromatic rings. The lowest BCUT2D eigenvalue weighted by Crippen LogP contribution is -2.38. The van der Waals surface area contributed by atoms with Gasteiger partial charge in [0, 0.05) is 6.61 Å². The van der Waals surface area contributed by atoms with Crippen molar-refractivity contribution in [1.29, 1.82) is 0 Å². The second-order valence-electron chi connectivity index (χ2n) is 8.42. The predicted molar refractivity (Wildman–Crippen MR) is 136 cm³/mol. The van der Waals surface area contributed by atoms with Crippen LogP contribution in [0.4, 0.5) is 5.13 Å². The number of carbonyl (C=O) groups excluding carboxylic acids is 1. The number of carbonyl (C=O) groups is 1. The fourth-order valence-corrected chi connectivity index (χ4v) is 5.54. The van der Waals surface area contributed by atoms with Gasteiger partial charge < -0.3 is 4.74 Å². The van der Waals surface area contributed by atoms with E-state index in [1.54, 1.807) is 4.90 Å². The van der Waals surface area contributed by atoms with E-state index in [-0.39, 0.29) is 12.0 Å². The fraction of sp³-hybridized carbons (Fsp3) is 0.259. The Labute approximate surface area is 202 Å². The van der Waals surface area contributed by atoms with Crippen LogP contribution in [0, 0.1) is 6.92 Å². The van der Waals surface area contributed by atoms with Crippen molar-refractivity contribution in [1.82, 2.24) is 4.98 Å². The minimum absolute atomic E-state index is 0.0193. The summed E-state index contributed by atoms with van der Waals surface area (Å²) >= 11 is 7.91. The third-order valence-corrected chi connectivity index (χ3v) is 7.58. The average molecular weight is 477 g/mol. The van der Waals surface area contributed by atoms with Gasteiger partial charge in [0.05, 0.1) is 34.3 Å². The maximum absolute atomic E-state index is 13.5. The summed E-state index contributed by atoms with van der Waals surface area (Å²) in [4.78, 5) is 20.1. The number of benzene rings is 3. The first-order chi connectivity index (χ1) is 16.1. The number of amides is 1. The number of hydrogen-bond acceptors (Lipinski definition) is 4. The maximum Gasteiger partial charge on any atom is 0.233 e. The summed E-state index contributed by atoms with van der Waals surface area (Å²) in [6, 6.07) is 22.3. The van der Waals surface area contributed by atoms with Gasteiger partial charge in [0.25, 0.3) is 0 Å². The highest BCUT2D eigenvalue weighted by atomic mass is 35.5. The lowest BCUT2D eigenvalue weighted by atomic mass is 10.0. The fourth-order valence-electron chi connectivity index (χ4n) is 4.20. The number of ether oxygens (including phenoxy) is 1. The average Bonchev–Trinajstić information content (AvgIpc) is 3.52. The van der Waals surface area contributed by atoms with Crippen molar-refractivity contribution in [3.05, 3.63) is 82.9 Å². The van der Waals surface area contributed by atoms with Crippen LogP contribution < -0.4 is 4.90 Å². The highest BCUT2D eigenvalue weighted by Crippen LogP contribution is 2.36. The normalized spacial score (nSPS) is 15.8. The number of halogens is 1. The Morgan fingerprint density at radius 3 is 2.55 bits per heavy atom. The molecule has 1 saturated heterocycles. The zero-order chi connectivity index (χ0) is 22.8. The van der Waals surface area contributed by atoms with Gasteiger partial charge in [-0.05, 0) is 48.1 Å². The summed E-state index contributed by atoms with van der Waals surface area (Å²) in [6.07, 6.45) is 2.33. The van der Waals surface area contributed by atoms with Crippen LogP contribution in [0.15, 0.2) is 66.7 Å². The highest BCUT2D eigenvalue weighted by Gasteiger charge is 2.27. The van der Waals surface area contributed by atoms with E-state index in [0.717, 1.165) is 51.9 Å². The molecule has 168 valence electrons. The van der Waals surface area contributed by atoms with Crippen molar-refractivity contribution in [3.63, 3.8) is 0 Å². The Bertz CT molecular complexity index is 1230. The number of fused-ring (bicyclic) bond motifs is 1. The van der Waals surface area contributed by atoms with Gasteiger partial charge >= 0.3 is 0 Å². The van der Waals surface area contributed by atoms with E-state index in [4.69, 9.17) is 21.3 Å². The lowest BCUT2D eigenvalue weighted by molar-refractivity contribution is -0.118. The van der Waals surface area contributed by atoms with Crippen LogP contribution in [0.2, 0.25) is 5.02 Å². The van der Waals surface area contributed by atoms with Gasteiger partial charge in [-0.2, -0.15) is 0 Å². The zero-order valence-electron chi connectivity index (χ0n) is 18.5. The smallest absolute Gasteiger partial charge is 0.233 e. The first kappa shape index (κ1) is 22.1. The zero-order valence-corrected chi connectivity index (χ0v) is 20.0. The topological polar surface area (TPSA) is 42.4 Å². The van der Waals surface area contributed by atoms with E-state index < -0.39 is 0 Å². The third-order valence-electron chi connectivity index (χ3n) is 6.04. The van der Waals surface area contributed by atoms with Crippen LogP contribution in [0.25, 0.3) is 21.3 Å². The van der Waals surface area contributed by atoms with Crippen LogP contribution in [-0.2, 0) is 16.0 Å². The molecule has 0 spiro atoms. The van der Waals surface area contributed by atoms with Gasteiger partial charge in [0.2, 0.25) is 5.91 Å². The van der Waals surface area contributed by atoms with Crippen molar-refractivity contribution < 1.29 is 9.53 Å². The number of nitrogens with zero attached hydrogens (tertiary/aromatic N) is 2. The van der Waals surface area contributed by atoms with Gasteiger partial charge in [0.15, 0.2) is 5.13 Å². The molecular weight excluding hydrogens is 452 g/mol. The Morgan fingerprint density at radius 2 is 1.85 bits per heavy atom. The van der Waals surface area contributed by atoms with Crippen molar-refractivity contribution in [2.24, 2.45) is 0 Å². The molecule has 0 radical (unpaired) electrons. The third kappa shape index (κ3) is 4.81. The van der Waals surface area contributed by atoms with E-state index in [1.165, 1.54) is 11.3 Å². The van der Waals surface area contributed by atoms with Crippen LogP contribution in [-0.4, -0.2) is 30.1 Å². The predicted octanol–water partition coefficient (Wildman–Crippen LogP) is 6.68. The molecule has 1 fully saturated rings. The first-order valence-electron chi connectivity index (χ1n) is 11.2. The number of aryl methyl sites for hydroxylation is 1. The minimum atomic E-state index is 0.0193. The van der Waals surface area contributed by atoms with Gasteiger partial charge in [-0.25, -0.2) is 4.98 Å². The van der Waals surface area contributed by atoms with Crippen molar-refractivity contribution in [3.8, 4) is 11.1 Å². The summed E-state index contributed by atoms with van der Waals surface area (Å²) in [7, 11) is 0. The largest absolute Gasteiger partial charge is 0.376 e. The molecule has 2 heterocycles. The monoisotopic (exact) mass is 476 g/mol. The summed E-state index contributed by atoms with van der Waals surface area (Å²) in [6.45, 7) is 3.28. The molecule has 3 aromatic carbocycles. The second-order valence-corrected chi connectivity index (χ2v) is 9.80. The van der Waals surface area contributed by atoms with Crippen LogP contribution in [0.1, 0.15) is 24.0 Å². The molecule has 4 nitrogen and oxygen atoms in total. The lowest BCUT2D eigenvalue weighted by Gasteiger charge is -2.23. The Morgan fingerprint density at radius 1 is 1.09 bits per heavy atom. The van der Waals surface area contributed by atoms with Crippen molar-refractivity contribution in [2.75, 3.05) is 18.1 Å². The molecule has 5 rings (SSSR count). The Kier molecular flexibility index (Phi) is 6.45. The first-order valence-corrected chi connectivity index (χ1v) is 12.4. The van der Waals surface area contributed by atoms with Crippen LogP contribution in [0.5, 0.6) is 0 Å². The van der Waals surface area contributed by atoms with E-state index >= 15 is 0 Å². The highest BCUT2D eigenvalue weighted by molar-refractivity contribution is 7.23. The number of rotatable bonds is 6. The number of hydrogen-bond donors (Lipinski definition) is 0. The van der Waals surface area contributed by atoms with E-state index in [9.17, 15) is 4.79 Å². The van der Waals surface area contributed by atoms with E-state index in [1.807, 2.05) is 49.4 Å². The molecule has 1 aliphatic rings. The molecule has 1 aliphatic heterocycles. The molecule has 1 amide bonds. The molecule has 0 aliphatic carbocycles. The summed E-state index contributed by atoms with van der Waals surface area (Å²) in [5.41, 5.74) is 5.20. The second kappa shape index (κ2) is 9.64. The molecule has 0 saturated carbocycles. The summed E-state index contributed by atoms with van der Waals surface area (Å²) in [5, 5.41) is 1.35. The Balaban J connectivity index is 1.41. The molecule has 1 aromatic heterocycles. The SMILES string of the molecule is Cc1ccc(Cl)c2sc(N(CC3CCCO3)C(=O)Cc3ccc(-c4ccccc4)cc3)nc12. The molecular formula is C27H25ClN2O2S. The number of anilines is 1. The molecule has 1 unspecified atom stereocenters. The van der Waals surface area contributed by atoms with Crippen LogP contribution >= 0.6 is 22.9 Å². The summed E-state index contributed by atoms with van der Waals surface area (Å²) < 4.78 is 6.77. The maximum atomic E-state index is 13.5. The number of thiazole rings is 1. The summed E-state index contributed by atoms with van der Waals surface area (Å²) in [5.74, 6) is 0.0193. The van der Waals surface area contributed by atoms with E-state index in [2.05, 4.69) is 24.3 Å². The van der Waals surface area contributed by atoms with Gasteiger partial charge in [-0.15, -0.1) is 0 Å². The number of aromatic nitrogens is 1.